The molecule has 7 heteroatoms. The molecule has 2 aromatic rings. The Labute approximate surface area is 147 Å². The lowest BCUT2D eigenvalue weighted by atomic mass is 10.1. The Balaban J connectivity index is 1.61. The minimum atomic E-state index is -3.41. The number of carbonyl (C=O) groups excluding carboxylic acids is 1. The zero-order valence-electron chi connectivity index (χ0n) is 14.0. The number of hydrogen-bond acceptors (Lipinski definition) is 3. The van der Waals surface area contributed by atoms with Gasteiger partial charge in [0.2, 0.25) is 10.0 Å². The first kappa shape index (κ1) is 17.3. The number of hydrogen-bond donors (Lipinski definition) is 2. The fraction of sp³-hybridized carbons (Fsp3) is 0.278. The van der Waals surface area contributed by atoms with Crippen LogP contribution in [-0.4, -0.2) is 32.1 Å². The molecule has 2 aromatic carbocycles. The second-order valence-electron chi connectivity index (χ2n) is 6.17. The number of sulfonamides is 1. The zero-order chi connectivity index (χ0) is 17.9. The highest BCUT2D eigenvalue weighted by Crippen LogP contribution is 2.26. The second-order valence-corrected chi connectivity index (χ2v) is 8.01. The highest BCUT2D eigenvalue weighted by atomic mass is 32.2. The van der Waals surface area contributed by atoms with Gasteiger partial charge in [-0.2, -0.15) is 0 Å². The van der Waals surface area contributed by atoms with Crippen LogP contribution in [-0.2, 0) is 23.0 Å². The molecule has 0 unspecified atom stereocenters. The highest BCUT2D eigenvalue weighted by Gasteiger charge is 2.20. The molecule has 25 heavy (non-hydrogen) atoms. The number of nitrogens with zero attached hydrogens (tertiary/aromatic N) is 1. The summed E-state index contributed by atoms with van der Waals surface area (Å²) >= 11 is 0. The molecule has 0 saturated heterocycles. The van der Waals surface area contributed by atoms with E-state index in [1.54, 1.807) is 30.1 Å². The molecule has 0 aromatic heterocycles. The fourth-order valence-corrected chi connectivity index (χ4v) is 3.90. The lowest BCUT2D eigenvalue weighted by molar-refractivity contribution is 0.218. The summed E-state index contributed by atoms with van der Waals surface area (Å²) in [6.07, 6.45) is 1.28. The summed E-state index contributed by atoms with van der Waals surface area (Å²) in [6, 6.07) is 14.8. The van der Waals surface area contributed by atoms with Gasteiger partial charge in [-0.3, -0.25) is 4.72 Å². The first-order chi connectivity index (χ1) is 11.9. The largest absolute Gasteiger partial charge is 0.323 e. The van der Waals surface area contributed by atoms with Crippen molar-refractivity contribution in [3.63, 3.8) is 0 Å². The fourth-order valence-electron chi connectivity index (χ4n) is 2.79. The van der Waals surface area contributed by atoms with E-state index in [0.29, 0.717) is 18.7 Å². The lowest BCUT2D eigenvalue weighted by Crippen LogP contribution is -2.35. The molecule has 1 heterocycles. The summed E-state index contributed by atoms with van der Waals surface area (Å²) in [6.45, 7) is 0.449. The van der Waals surface area contributed by atoms with Gasteiger partial charge in [0.05, 0.1) is 5.75 Å². The lowest BCUT2D eigenvalue weighted by Gasteiger charge is -2.26. The van der Waals surface area contributed by atoms with Gasteiger partial charge in [0, 0.05) is 25.0 Å². The molecule has 0 bridgehead atoms. The number of amides is 2. The molecule has 0 fully saturated rings. The summed E-state index contributed by atoms with van der Waals surface area (Å²) in [5.41, 5.74) is 3.25. The predicted octanol–water partition coefficient (Wildman–Crippen LogP) is 3.04. The molecule has 0 aliphatic carbocycles. The Bertz CT molecular complexity index is 866. The molecule has 6 nitrogen and oxygen atoms in total. The Morgan fingerprint density at radius 1 is 1.16 bits per heavy atom. The number of rotatable bonds is 6. The molecular weight excluding hydrogens is 338 g/mol. The van der Waals surface area contributed by atoms with E-state index in [9.17, 15) is 13.2 Å². The van der Waals surface area contributed by atoms with Crippen LogP contribution in [0.2, 0.25) is 0 Å². The van der Waals surface area contributed by atoms with E-state index in [0.717, 1.165) is 23.2 Å². The number of urea groups is 1. The van der Waals surface area contributed by atoms with Crippen LogP contribution in [0.15, 0.2) is 48.5 Å². The van der Waals surface area contributed by atoms with Crippen molar-refractivity contribution < 1.29 is 13.2 Å². The maximum Gasteiger partial charge on any atom is 0.321 e. The minimum absolute atomic E-state index is 0.0651. The van der Waals surface area contributed by atoms with Gasteiger partial charge in [-0.05, 0) is 42.2 Å². The second kappa shape index (κ2) is 7.14. The predicted molar refractivity (Wildman–Crippen MR) is 99.1 cm³/mol. The third-order valence-corrected chi connectivity index (χ3v) is 5.47. The summed E-state index contributed by atoms with van der Waals surface area (Å²) in [5, 5.41) is 2.76. The summed E-state index contributed by atoms with van der Waals surface area (Å²) in [7, 11) is -1.71. The quantitative estimate of drug-likeness (QED) is 0.832. The molecule has 0 radical (unpaired) electrons. The van der Waals surface area contributed by atoms with Crippen molar-refractivity contribution in [1.29, 1.82) is 0 Å². The van der Waals surface area contributed by atoms with Crippen molar-refractivity contribution in [2.24, 2.45) is 0 Å². The highest BCUT2D eigenvalue weighted by molar-refractivity contribution is 7.92. The third kappa shape index (κ3) is 4.51. The van der Waals surface area contributed by atoms with Crippen LogP contribution >= 0.6 is 0 Å². The summed E-state index contributed by atoms with van der Waals surface area (Å²) in [4.78, 5) is 13.2. The summed E-state index contributed by atoms with van der Waals surface area (Å²) in [5.74, 6) is 0.0651. The van der Waals surface area contributed by atoms with Gasteiger partial charge in [-0.1, -0.05) is 30.3 Å². The zero-order valence-corrected chi connectivity index (χ0v) is 14.8. The van der Waals surface area contributed by atoms with Crippen LogP contribution in [0.4, 0.5) is 16.2 Å². The van der Waals surface area contributed by atoms with Crippen LogP contribution in [0.5, 0.6) is 0 Å². The molecule has 0 atom stereocenters. The summed E-state index contributed by atoms with van der Waals surface area (Å²) < 4.78 is 27.2. The van der Waals surface area contributed by atoms with Crippen molar-refractivity contribution in [3.8, 4) is 0 Å². The number of carbonyl (C=O) groups is 1. The van der Waals surface area contributed by atoms with Gasteiger partial charge < -0.3 is 10.2 Å². The van der Waals surface area contributed by atoms with Gasteiger partial charge in [-0.15, -0.1) is 0 Å². The number of benzene rings is 2. The van der Waals surface area contributed by atoms with Gasteiger partial charge >= 0.3 is 6.03 Å². The number of nitrogens with one attached hydrogen (secondary N) is 2. The average molecular weight is 359 g/mol. The Morgan fingerprint density at radius 3 is 2.68 bits per heavy atom. The van der Waals surface area contributed by atoms with Crippen molar-refractivity contribution in [3.05, 3.63) is 59.7 Å². The van der Waals surface area contributed by atoms with Crippen LogP contribution < -0.4 is 10.0 Å². The molecule has 132 valence electrons. The monoisotopic (exact) mass is 359 g/mol. The first-order valence-corrected chi connectivity index (χ1v) is 9.78. The molecular formula is C18H21N3O3S. The molecule has 0 spiro atoms. The van der Waals surface area contributed by atoms with E-state index >= 15 is 0 Å². The van der Waals surface area contributed by atoms with Gasteiger partial charge in [0.15, 0.2) is 0 Å². The Morgan fingerprint density at radius 2 is 1.92 bits per heavy atom. The SMILES string of the molecule is CN1Cc2cc(NS(=O)(=O)CCCc3ccccc3)ccc2NC1=O. The van der Waals surface area contributed by atoms with E-state index in [4.69, 9.17) is 0 Å². The van der Waals surface area contributed by atoms with E-state index in [1.165, 1.54) is 0 Å². The van der Waals surface area contributed by atoms with Crippen LogP contribution in [0.3, 0.4) is 0 Å². The van der Waals surface area contributed by atoms with Gasteiger partial charge in [0.25, 0.3) is 0 Å². The van der Waals surface area contributed by atoms with E-state index in [2.05, 4.69) is 10.0 Å². The first-order valence-electron chi connectivity index (χ1n) is 8.12. The average Bonchev–Trinajstić information content (AvgIpc) is 2.57. The molecule has 2 amide bonds. The van der Waals surface area contributed by atoms with Crippen molar-refractivity contribution in [2.45, 2.75) is 19.4 Å². The maximum atomic E-state index is 12.3. The van der Waals surface area contributed by atoms with Gasteiger partial charge in [0.1, 0.15) is 0 Å². The minimum Gasteiger partial charge on any atom is -0.323 e. The van der Waals surface area contributed by atoms with Crippen LogP contribution in [0.1, 0.15) is 17.5 Å². The van der Waals surface area contributed by atoms with Gasteiger partial charge in [-0.25, -0.2) is 13.2 Å². The van der Waals surface area contributed by atoms with Crippen LogP contribution in [0, 0.1) is 0 Å². The van der Waals surface area contributed by atoms with E-state index in [1.807, 2.05) is 30.3 Å². The molecule has 1 aliphatic rings. The maximum absolute atomic E-state index is 12.3. The third-order valence-electron chi connectivity index (χ3n) is 4.10. The van der Waals surface area contributed by atoms with Crippen molar-refractivity contribution in [2.75, 3.05) is 22.8 Å². The Kier molecular flexibility index (Phi) is 4.94. The Hall–Kier alpha value is -2.54. The standard InChI is InChI=1S/C18H21N3O3S/c1-21-13-15-12-16(9-10-17(15)19-18(21)22)20-25(23,24)11-5-8-14-6-3-2-4-7-14/h2-4,6-7,9-10,12,20H,5,8,11,13H2,1H3,(H,19,22). The van der Waals surface area contributed by atoms with Crippen LogP contribution in [0.25, 0.3) is 0 Å². The molecule has 3 rings (SSSR count). The number of anilines is 2. The topological polar surface area (TPSA) is 78.5 Å². The number of aryl methyl sites for hydroxylation is 1. The number of fused-ring (bicyclic) bond motifs is 1. The molecule has 0 saturated carbocycles. The van der Waals surface area contributed by atoms with E-state index in [-0.39, 0.29) is 11.8 Å². The van der Waals surface area contributed by atoms with Crippen molar-refractivity contribution >= 4 is 27.4 Å². The normalized spacial score (nSPS) is 14.0. The molecule has 1 aliphatic heterocycles. The van der Waals surface area contributed by atoms with E-state index < -0.39 is 10.0 Å². The smallest absolute Gasteiger partial charge is 0.321 e. The van der Waals surface area contributed by atoms with Crippen molar-refractivity contribution in [1.82, 2.24) is 4.90 Å². The molecule has 2 N–H and O–H groups in total.